The molecule has 1 unspecified atom stereocenters. The van der Waals surface area contributed by atoms with E-state index in [9.17, 15) is 0 Å². The zero-order valence-corrected chi connectivity index (χ0v) is 9.84. The lowest BCUT2D eigenvalue weighted by Crippen LogP contribution is -2.25. The third-order valence-electron chi connectivity index (χ3n) is 2.10. The van der Waals surface area contributed by atoms with Crippen LogP contribution in [-0.4, -0.2) is 28.9 Å². The van der Waals surface area contributed by atoms with E-state index in [-0.39, 0.29) is 5.38 Å². The van der Waals surface area contributed by atoms with Crippen molar-refractivity contribution in [2.45, 2.75) is 26.1 Å². The van der Waals surface area contributed by atoms with Crippen LogP contribution in [0.3, 0.4) is 0 Å². The zero-order valence-electron chi connectivity index (χ0n) is 9.08. The molecule has 78 valence electrons. The first-order chi connectivity index (χ1) is 6.50. The SMILES string of the molecule is Cc1ncc(N(C)CC(C)Cl)nc1C. The van der Waals surface area contributed by atoms with Crippen LogP contribution in [0.1, 0.15) is 18.3 Å². The Morgan fingerprint density at radius 3 is 2.57 bits per heavy atom. The smallest absolute Gasteiger partial charge is 0.147 e. The summed E-state index contributed by atoms with van der Waals surface area (Å²) in [5, 5.41) is 0.114. The Balaban J connectivity index is 2.80. The van der Waals surface area contributed by atoms with Gasteiger partial charge in [-0.25, -0.2) is 4.98 Å². The third kappa shape index (κ3) is 2.84. The highest BCUT2D eigenvalue weighted by Crippen LogP contribution is 2.11. The molecule has 1 aromatic heterocycles. The highest BCUT2D eigenvalue weighted by molar-refractivity contribution is 6.20. The Morgan fingerprint density at radius 1 is 1.43 bits per heavy atom. The minimum absolute atomic E-state index is 0.114. The van der Waals surface area contributed by atoms with E-state index >= 15 is 0 Å². The molecule has 0 radical (unpaired) electrons. The molecule has 0 spiro atoms. The fourth-order valence-corrected chi connectivity index (χ4v) is 1.39. The second-order valence-electron chi connectivity index (χ2n) is 3.56. The number of rotatable bonds is 3. The summed E-state index contributed by atoms with van der Waals surface area (Å²) >= 11 is 5.90. The summed E-state index contributed by atoms with van der Waals surface area (Å²) in [4.78, 5) is 10.7. The van der Waals surface area contributed by atoms with Crippen LogP contribution in [0.15, 0.2) is 6.20 Å². The number of aryl methyl sites for hydroxylation is 2. The van der Waals surface area contributed by atoms with Gasteiger partial charge in [0.05, 0.1) is 17.6 Å². The molecular weight excluding hydrogens is 198 g/mol. The summed E-state index contributed by atoms with van der Waals surface area (Å²) in [6.07, 6.45) is 1.78. The van der Waals surface area contributed by atoms with E-state index in [1.54, 1.807) is 6.20 Å². The maximum atomic E-state index is 5.90. The van der Waals surface area contributed by atoms with Gasteiger partial charge in [0.1, 0.15) is 5.82 Å². The molecule has 0 saturated heterocycles. The summed E-state index contributed by atoms with van der Waals surface area (Å²) in [5.74, 6) is 0.876. The number of alkyl halides is 1. The molecule has 1 heterocycles. The maximum absolute atomic E-state index is 5.90. The van der Waals surface area contributed by atoms with Gasteiger partial charge in [0, 0.05) is 19.0 Å². The van der Waals surface area contributed by atoms with Gasteiger partial charge < -0.3 is 4.90 Å². The van der Waals surface area contributed by atoms with Crippen LogP contribution >= 0.6 is 11.6 Å². The minimum Gasteiger partial charge on any atom is -0.357 e. The fourth-order valence-electron chi connectivity index (χ4n) is 1.18. The van der Waals surface area contributed by atoms with Crippen molar-refractivity contribution < 1.29 is 0 Å². The molecule has 0 N–H and O–H groups in total. The summed E-state index contributed by atoms with van der Waals surface area (Å²) in [6, 6.07) is 0. The lowest BCUT2D eigenvalue weighted by Gasteiger charge is -2.19. The van der Waals surface area contributed by atoms with Crippen LogP contribution in [0, 0.1) is 13.8 Å². The molecule has 1 aromatic rings. The Morgan fingerprint density at radius 2 is 2.07 bits per heavy atom. The normalized spacial score (nSPS) is 12.6. The summed E-state index contributed by atoms with van der Waals surface area (Å²) in [6.45, 7) is 6.66. The van der Waals surface area contributed by atoms with Crippen LogP contribution in [0.5, 0.6) is 0 Å². The monoisotopic (exact) mass is 213 g/mol. The largest absolute Gasteiger partial charge is 0.357 e. The molecule has 1 rings (SSSR count). The van der Waals surface area contributed by atoms with E-state index in [1.165, 1.54) is 0 Å². The Bertz CT molecular complexity index is 312. The Kier molecular flexibility index (Phi) is 3.69. The van der Waals surface area contributed by atoms with Gasteiger partial charge in [-0.3, -0.25) is 4.98 Å². The number of hydrogen-bond donors (Lipinski definition) is 0. The van der Waals surface area contributed by atoms with Crippen LogP contribution in [0.25, 0.3) is 0 Å². The minimum atomic E-state index is 0.114. The van der Waals surface area contributed by atoms with E-state index in [4.69, 9.17) is 11.6 Å². The van der Waals surface area contributed by atoms with Gasteiger partial charge in [0.25, 0.3) is 0 Å². The molecule has 0 aliphatic carbocycles. The highest BCUT2D eigenvalue weighted by Gasteiger charge is 2.07. The van der Waals surface area contributed by atoms with Crippen molar-refractivity contribution >= 4 is 17.4 Å². The first kappa shape index (κ1) is 11.2. The standard InChI is InChI=1S/C10H16ClN3/c1-7(11)6-14(4)10-5-12-8(2)9(3)13-10/h5,7H,6H2,1-4H3. The first-order valence-electron chi connectivity index (χ1n) is 4.66. The molecular formula is C10H16ClN3. The van der Waals surface area contributed by atoms with Crippen LogP contribution in [0.2, 0.25) is 0 Å². The van der Waals surface area contributed by atoms with E-state index in [2.05, 4.69) is 9.97 Å². The lowest BCUT2D eigenvalue weighted by molar-refractivity contribution is 0.833. The average Bonchev–Trinajstić information content (AvgIpc) is 2.08. The van der Waals surface area contributed by atoms with Crippen LogP contribution in [0.4, 0.5) is 5.82 Å². The average molecular weight is 214 g/mol. The first-order valence-corrected chi connectivity index (χ1v) is 5.09. The van der Waals surface area contributed by atoms with Crippen molar-refractivity contribution in [3.8, 4) is 0 Å². The van der Waals surface area contributed by atoms with Gasteiger partial charge in [-0.05, 0) is 20.8 Å². The van der Waals surface area contributed by atoms with Gasteiger partial charge in [-0.15, -0.1) is 11.6 Å². The number of hydrogen-bond acceptors (Lipinski definition) is 3. The summed E-state index contributed by atoms with van der Waals surface area (Å²) < 4.78 is 0. The molecule has 0 saturated carbocycles. The van der Waals surface area contributed by atoms with Gasteiger partial charge in [-0.1, -0.05) is 0 Å². The van der Waals surface area contributed by atoms with Crippen molar-refractivity contribution in [2.75, 3.05) is 18.5 Å². The Labute approximate surface area is 90.1 Å². The van der Waals surface area contributed by atoms with Crippen molar-refractivity contribution in [3.63, 3.8) is 0 Å². The van der Waals surface area contributed by atoms with Gasteiger partial charge in [-0.2, -0.15) is 0 Å². The van der Waals surface area contributed by atoms with Crippen LogP contribution in [-0.2, 0) is 0 Å². The summed E-state index contributed by atoms with van der Waals surface area (Å²) in [5.41, 5.74) is 1.94. The molecule has 0 aromatic carbocycles. The van der Waals surface area contributed by atoms with E-state index < -0.39 is 0 Å². The van der Waals surface area contributed by atoms with Gasteiger partial charge >= 0.3 is 0 Å². The number of aromatic nitrogens is 2. The predicted molar refractivity (Wildman–Crippen MR) is 60.1 cm³/mol. The van der Waals surface area contributed by atoms with Crippen molar-refractivity contribution in [2.24, 2.45) is 0 Å². The molecule has 0 aliphatic heterocycles. The van der Waals surface area contributed by atoms with Crippen molar-refractivity contribution in [1.82, 2.24) is 9.97 Å². The Hall–Kier alpha value is -0.830. The maximum Gasteiger partial charge on any atom is 0.147 e. The van der Waals surface area contributed by atoms with E-state index in [0.29, 0.717) is 0 Å². The molecule has 4 heteroatoms. The van der Waals surface area contributed by atoms with Gasteiger partial charge in [0.15, 0.2) is 0 Å². The van der Waals surface area contributed by atoms with E-state index in [0.717, 1.165) is 23.8 Å². The molecule has 0 amide bonds. The number of halogens is 1. The van der Waals surface area contributed by atoms with Crippen molar-refractivity contribution in [1.29, 1.82) is 0 Å². The molecule has 3 nitrogen and oxygen atoms in total. The highest BCUT2D eigenvalue weighted by atomic mass is 35.5. The van der Waals surface area contributed by atoms with Crippen molar-refractivity contribution in [3.05, 3.63) is 17.6 Å². The second kappa shape index (κ2) is 4.60. The van der Waals surface area contributed by atoms with Crippen LogP contribution < -0.4 is 4.90 Å². The molecule has 0 fully saturated rings. The fraction of sp³-hybridized carbons (Fsp3) is 0.600. The zero-order chi connectivity index (χ0) is 10.7. The van der Waals surface area contributed by atoms with E-state index in [1.807, 2.05) is 32.7 Å². The molecule has 0 aliphatic rings. The third-order valence-corrected chi connectivity index (χ3v) is 2.23. The predicted octanol–water partition coefficient (Wildman–Crippen LogP) is 2.16. The topological polar surface area (TPSA) is 29.0 Å². The summed E-state index contributed by atoms with van der Waals surface area (Å²) in [7, 11) is 1.97. The van der Waals surface area contributed by atoms with Gasteiger partial charge in [0.2, 0.25) is 0 Å². The number of anilines is 1. The molecule has 0 bridgehead atoms. The number of nitrogens with zero attached hydrogens (tertiary/aromatic N) is 3. The molecule has 14 heavy (non-hydrogen) atoms. The quantitative estimate of drug-likeness (QED) is 0.721. The lowest BCUT2D eigenvalue weighted by atomic mass is 10.3. The molecule has 1 atom stereocenters. The second-order valence-corrected chi connectivity index (χ2v) is 4.31.